The number of unbranched alkanes of at least 4 members (excludes halogenated alkanes) is 18. The van der Waals surface area contributed by atoms with E-state index in [1.165, 1.54) is 116 Å². The lowest BCUT2D eigenvalue weighted by Gasteiger charge is -2.19. The van der Waals surface area contributed by atoms with Crippen LogP contribution in [0.3, 0.4) is 0 Å². The van der Waals surface area contributed by atoms with Crippen molar-refractivity contribution < 1.29 is 14.2 Å². The molecule has 0 saturated carbocycles. The first-order valence-electron chi connectivity index (χ1n) is 19.3. The largest absolute Gasteiger partial charge is 0.492 e. The Morgan fingerprint density at radius 1 is 0.362 bits per heavy atom. The Balaban J connectivity index is 1.40. The van der Waals surface area contributed by atoms with Crippen LogP contribution in [-0.4, -0.2) is 13.2 Å². The minimum atomic E-state index is 0.720. The Morgan fingerprint density at radius 2 is 0.766 bits per heavy atom. The van der Waals surface area contributed by atoms with Gasteiger partial charge in [-0.1, -0.05) is 172 Å². The van der Waals surface area contributed by atoms with Crippen LogP contribution in [0.1, 0.15) is 142 Å². The van der Waals surface area contributed by atoms with Gasteiger partial charge in [-0.2, -0.15) is 0 Å². The van der Waals surface area contributed by atoms with Gasteiger partial charge in [-0.15, -0.1) is 0 Å². The Kier molecular flexibility index (Phi) is 17.4. The molecule has 0 aliphatic rings. The molecule has 0 spiro atoms. The average Bonchev–Trinajstić information content (AvgIpc) is 3.10. The van der Waals surface area contributed by atoms with E-state index in [1.54, 1.807) is 0 Å². The maximum atomic E-state index is 6.67. The lowest BCUT2D eigenvalue weighted by atomic mass is 10.00. The molecule has 3 nitrogen and oxygen atoms in total. The molecular formula is C44H62O3. The van der Waals surface area contributed by atoms with Gasteiger partial charge in [-0.05, 0) is 43.2 Å². The third kappa shape index (κ3) is 12.7. The molecule has 4 aromatic rings. The predicted octanol–water partition coefficient (Wildman–Crippen LogP) is 14.4. The fourth-order valence-corrected chi connectivity index (χ4v) is 6.61. The van der Waals surface area contributed by atoms with E-state index in [0.717, 1.165) is 70.6 Å². The highest BCUT2D eigenvalue weighted by molar-refractivity contribution is 6.11. The smallest absolute Gasteiger partial charge is 0.135 e. The Bertz CT molecular complexity index is 1400. The summed E-state index contributed by atoms with van der Waals surface area (Å²) in [6.07, 6.45) is 26.4. The van der Waals surface area contributed by atoms with Gasteiger partial charge < -0.3 is 14.2 Å². The second-order valence-corrected chi connectivity index (χ2v) is 13.4. The van der Waals surface area contributed by atoms with Crippen molar-refractivity contribution in [2.45, 2.75) is 142 Å². The molecule has 0 aromatic heterocycles. The highest BCUT2D eigenvalue weighted by Gasteiger charge is 2.17. The molecule has 47 heavy (non-hydrogen) atoms. The molecule has 256 valence electrons. The van der Waals surface area contributed by atoms with Crippen LogP contribution in [0, 0.1) is 0 Å². The van der Waals surface area contributed by atoms with Crippen LogP contribution < -0.4 is 14.2 Å². The minimum absolute atomic E-state index is 0.720. The van der Waals surface area contributed by atoms with E-state index in [2.05, 4.69) is 56.3 Å². The quantitative estimate of drug-likeness (QED) is 0.0506. The summed E-state index contributed by atoms with van der Waals surface area (Å²) in [5.74, 6) is 3.54. The van der Waals surface area contributed by atoms with Crippen LogP contribution in [0.5, 0.6) is 23.0 Å². The fourth-order valence-electron chi connectivity index (χ4n) is 6.61. The molecule has 0 radical (unpaired) electrons. The van der Waals surface area contributed by atoms with Gasteiger partial charge in [-0.25, -0.2) is 0 Å². The number of hydrogen-bond acceptors (Lipinski definition) is 3. The van der Waals surface area contributed by atoms with Crippen LogP contribution in [0.25, 0.3) is 21.5 Å². The normalized spacial score (nSPS) is 11.4. The Labute approximate surface area is 286 Å². The van der Waals surface area contributed by atoms with Crippen molar-refractivity contribution in [3.63, 3.8) is 0 Å². The summed E-state index contributed by atoms with van der Waals surface area (Å²) in [5.41, 5.74) is 0. The van der Waals surface area contributed by atoms with E-state index in [4.69, 9.17) is 14.2 Å². The third-order valence-corrected chi connectivity index (χ3v) is 9.36. The Morgan fingerprint density at radius 3 is 1.26 bits per heavy atom. The molecule has 0 fully saturated rings. The molecular weight excluding hydrogens is 576 g/mol. The average molecular weight is 639 g/mol. The topological polar surface area (TPSA) is 27.7 Å². The van der Waals surface area contributed by atoms with Gasteiger partial charge in [0.05, 0.1) is 13.2 Å². The van der Waals surface area contributed by atoms with Crippen molar-refractivity contribution in [3.05, 3.63) is 72.8 Å². The zero-order valence-corrected chi connectivity index (χ0v) is 29.7. The number of rotatable bonds is 26. The van der Waals surface area contributed by atoms with Crippen LogP contribution in [0.15, 0.2) is 72.8 Å². The fraction of sp³-hybridized carbons (Fsp3) is 0.545. The van der Waals surface area contributed by atoms with Gasteiger partial charge in [0, 0.05) is 21.5 Å². The van der Waals surface area contributed by atoms with Crippen LogP contribution in [-0.2, 0) is 0 Å². The first-order chi connectivity index (χ1) is 23.3. The summed E-state index contributed by atoms with van der Waals surface area (Å²) in [5, 5.41) is 4.39. The molecule has 4 aromatic carbocycles. The lowest BCUT2D eigenvalue weighted by Crippen LogP contribution is -2.02. The molecule has 3 heteroatoms. The maximum absolute atomic E-state index is 6.67. The van der Waals surface area contributed by atoms with E-state index >= 15 is 0 Å². The molecule has 0 aliphatic heterocycles. The van der Waals surface area contributed by atoms with E-state index in [-0.39, 0.29) is 0 Å². The van der Waals surface area contributed by atoms with Crippen LogP contribution in [0.2, 0.25) is 0 Å². The molecule has 4 rings (SSSR count). The van der Waals surface area contributed by atoms with Crippen molar-refractivity contribution in [1.82, 2.24) is 0 Å². The standard InChI is InChI=1S/C44H62O3/c1-3-5-7-9-11-13-15-17-19-26-34-45-43-39-30-24-25-31-40(39)44(46-35-27-20-18-16-14-12-10-8-6-4-2)42-36-38(32-33-41(42)43)47-37-28-22-21-23-29-37/h21-25,28-33,36H,3-20,26-27,34-35H2,1-2H3. The summed E-state index contributed by atoms with van der Waals surface area (Å²) >= 11 is 0. The highest BCUT2D eigenvalue weighted by Crippen LogP contribution is 2.44. The van der Waals surface area contributed by atoms with E-state index in [0.29, 0.717) is 0 Å². The van der Waals surface area contributed by atoms with Crippen molar-refractivity contribution in [1.29, 1.82) is 0 Å². The second-order valence-electron chi connectivity index (χ2n) is 13.4. The minimum Gasteiger partial charge on any atom is -0.492 e. The predicted molar refractivity (Wildman–Crippen MR) is 203 cm³/mol. The first-order valence-corrected chi connectivity index (χ1v) is 19.3. The zero-order chi connectivity index (χ0) is 32.8. The van der Waals surface area contributed by atoms with E-state index in [1.807, 2.05) is 30.3 Å². The van der Waals surface area contributed by atoms with Crippen LogP contribution in [0.4, 0.5) is 0 Å². The highest BCUT2D eigenvalue weighted by atomic mass is 16.5. The van der Waals surface area contributed by atoms with Gasteiger partial charge in [0.15, 0.2) is 0 Å². The monoisotopic (exact) mass is 638 g/mol. The maximum Gasteiger partial charge on any atom is 0.135 e. The number of para-hydroxylation sites is 1. The van der Waals surface area contributed by atoms with Gasteiger partial charge in [-0.3, -0.25) is 0 Å². The number of fused-ring (bicyclic) bond motifs is 2. The zero-order valence-electron chi connectivity index (χ0n) is 29.7. The summed E-state index contributed by atoms with van der Waals surface area (Å²) < 4.78 is 19.6. The van der Waals surface area contributed by atoms with E-state index < -0.39 is 0 Å². The van der Waals surface area contributed by atoms with Crippen molar-refractivity contribution in [3.8, 4) is 23.0 Å². The van der Waals surface area contributed by atoms with Gasteiger partial charge in [0.1, 0.15) is 23.0 Å². The van der Waals surface area contributed by atoms with Crippen molar-refractivity contribution in [2.75, 3.05) is 13.2 Å². The summed E-state index contributed by atoms with van der Waals surface area (Å²) in [6.45, 7) is 6.02. The van der Waals surface area contributed by atoms with E-state index in [9.17, 15) is 0 Å². The van der Waals surface area contributed by atoms with Gasteiger partial charge in [0.2, 0.25) is 0 Å². The molecule has 0 heterocycles. The Hall–Kier alpha value is -3.20. The number of hydrogen-bond donors (Lipinski definition) is 0. The lowest BCUT2D eigenvalue weighted by molar-refractivity contribution is 0.306. The molecule has 0 N–H and O–H groups in total. The second kappa shape index (κ2) is 22.4. The molecule has 0 aliphatic carbocycles. The molecule has 0 atom stereocenters. The molecule has 0 amide bonds. The SMILES string of the molecule is CCCCCCCCCCCCOc1c2ccccc2c(OCCCCCCCCCCCC)c2cc(Oc3ccccc3)ccc12. The summed E-state index contributed by atoms with van der Waals surface area (Å²) in [4.78, 5) is 0. The van der Waals surface area contributed by atoms with Gasteiger partial charge in [0.25, 0.3) is 0 Å². The van der Waals surface area contributed by atoms with Crippen molar-refractivity contribution in [2.24, 2.45) is 0 Å². The van der Waals surface area contributed by atoms with Gasteiger partial charge >= 0.3 is 0 Å². The molecule has 0 saturated heterocycles. The number of ether oxygens (including phenoxy) is 3. The third-order valence-electron chi connectivity index (χ3n) is 9.36. The first kappa shape index (κ1) is 36.6. The summed E-state index contributed by atoms with van der Waals surface area (Å²) in [7, 11) is 0. The molecule has 0 unspecified atom stereocenters. The number of benzene rings is 4. The van der Waals surface area contributed by atoms with Crippen molar-refractivity contribution >= 4 is 21.5 Å². The van der Waals surface area contributed by atoms with Crippen LogP contribution >= 0.6 is 0 Å². The summed E-state index contributed by atoms with van der Waals surface area (Å²) in [6, 6.07) is 24.9. The molecule has 0 bridgehead atoms.